The Labute approximate surface area is 137 Å². The van der Waals surface area contributed by atoms with Crippen LogP contribution in [0.1, 0.15) is 0 Å². The molecule has 22 heavy (non-hydrogen) atoms. The van der Waals surface area contributed by atoms with Crippen LogP contribution in [-0.4, -0.2) is 40.4 Å². The van der Waals surface area contributed by atoms with Gasteiger partial charge < -0.3 is 25.3 Å². The normalized spacial score (nSPS) is 9.91. The average molecular weight is 351 g/mol. The Kier molecular flexibility index (Phi) is 5.95. The number of urea groups is 1. The van der Waals surface area contributed by atoms with Gasteiger partial charge in [-0.3, -0.25) is 5.41 Å². The van der Waals surface area contributed by atoms with Gasteiger partial charge in [0.1, 0.15) is 10.0 Å². The number of methoxy groups -OCH3 is 3. The molecule has 1 aromatic rings. The third-order valence-corrected chi connectivity index (χ3v) is 3.42. The molecule has 0 heterocycles. The van der Waals surface area contributed by atoms with Gasteiger partial charge in [0.2, 0.25) is 11.7 Å². The van der Waals surface area contributed by atoms with Gasteiger partial charge in [0.05, 0.1) is 27.0 Å². The minimum Gasteiger partial charge on any atom is -0.491 e. The summed E-state index contributed by atoms with van der Waals surface area (Å²) in [5.41, 5.74) is 5.40. The van der Waals surface area contributed by atoms with E-state index in [1.807, 2.05) is 0 Å². The number of halogens is 2. The second kappa shape index (κ2) is 7.28. The number of nitrogens with two attached hydrogens (primary N) is 1. The largest absolute Gasteiger partial charge is 0.491 e. The van der Waals surface area contributed by atoms with Crippen molar-refractivity contribution >= 4 is 40.9 Å². The number of hydrogen-bond donors (Lipinski definition) is 3. The van der Waals surface area contributed by atoms with E-state index < -0.39 is 12.0 Å². The molecule has 0 aliphatic rings. The summed E-state index contributed by atoms with van der Waals surface area (Å²) in [6, 6.07) is -0.703. The van der Waals surface area contributed by atoms with Crippen molar-refractivity contribution in [3.8, 4) is 17.2 Å². The lowest BCUT2D eigenvalue weighted by Gasteiger charge is -2.25. The van der Waals surface area contributed by atoms with Crippen LogP contribution in [0, 0.1) is 5.41 Å². The number of nitrogens with one attached hydrogen (secondary N) is 2. The molecule has 0 unspecified atom stereocenters. The first-order valence-electron chi connectivity index (χ1n) is 5.88. The summed E-state index contributed by atoms with van der Waals surface area (Å²) in [7, 11) is 5.48. The molecule has 1 aromatic carbocycles. The molecular formula is C12H16Cl2N4O4. The molecule has 1 rings (SSSR count). The molecule has 0 atom stereocenters. The number of amides is 2. The van der Waals surface area contributed by atoms with Crippen molar-refractivity contribution < 1.29 is 19.0 Å². The minimum absolute atomic E-state index is 0.0512. The summed E-state index contributed by atoms with van der Waals surface area (Å²) in [5, 5.41) is 9.82. The third-order valence-electron chi connectivity index (χ3n) is 2.72. The summed E-state index contributed by atoms with van der Waals surface area (Å²) < 4.78 is 15.5. The van der Waals surface area contributed by atoms with Gasteiger partial charge in [-0.2, -0.15) is 0 Å². The molecule has 0 saturated heterocycles. The topological polar surface area (TPSA) is 110 Å². The molecule has 10 heteroatoms. The van der Waals surface area contributed by atoms with Crippen LogP contribution in [0.4, 0.5) is 10.5 Å². The van der Waals surface area contributed by atoms with Crippen molar-refractivity contribution in [3.63, 3.8) is 0 Å². The molecule has 0 spiro atoms. The fourth-order valence-corrected chi connectivity index (χ4v) is 2.54. The van der Waals surface area contributed by atoms with E-state index in [9.17, 15) is 4.79 Å². The Morgan fingerprint density at radius 3 is 1.77 bits per heavy atom. The number of guanidine groups is 1. The molecular weight excluding hydrogens is 335 g/mol. The minimum atomic E-state index is -0.703. The van der Waals surface area contributed by atoms with E-state index in [-0.39, 0.29) is 33.0 Å². The first-order valence-corrected chi connectivity index (χ1v) is 6.63. The van der Waals surface area contributed by atoms with Gasteiger partial charge in [0.15, 0.2) is 11.5 Å². The molecule has 0 radical (unpaired) electrons. The van der Waals surface area contributed by atoms with Crippen LogP contribution in [0.15, 0.2) is 0 Å². The quantitative estimate of drug-likeness (QED) is 0.568. The van der Waals surface area contributed by atoms with E-state index in [0.29, 0.717) is 0 Å². The predicted octanol–water partition coefficient (Wildman–Crippen LogP) is 2.06. The molecule has 0 aromatic heterocycles. The fraction of sp³-hybridized carbons (Fsp3) is 0.333. The van der Waals surface area contributed by atoms with Gasteiger partial charge in [-0.15, -0.1) is 0 Å². The summed E-state index contributed by atoms with van der Waals surface area (Å²) in [6.45, 7) is 0. The highest BCUT2D eigenvalue weighted by Gasteiger charge is 2.31. The number of hydrogen-bond acceptors (Lipinski definition) is 5. The zero-order valence-electron chi connectivity index (χ0n) is 12.4. The lowest BCUT2D eigenvalue weighted by atomic mass is 10.2. The predicted molar refractivity (Wildman–Crippen MR) is 85.0 cm³/mol. The number of benzene rings is 1. The molecule has 0 bridgehead atoms. The maximum absolute atomic E-state index is 12.0. The van der Waals surface area contributed by atoms with Crippen molar-refractivity contribution in [1.82, 2.24) is 5.32 Å². The monoisotopic (exact) mass is 350 g/mol. The van der Waals surface area contributed by atoms with Crippen LogP contribution < -0.4 is 30.2 Å². The van der Waals surface area contributed by atoms with Gasteiger partial charge in [0, 0.05) is 7.05 Å². The van der Waals surface area contributed by atoms with Gasteiger partial charge in [-0.05, 0) is 0 Å². The molecule has 0 aliphatic carbocycles. The first-order chi connectivity index (χ1) is 10.3. The highest BCUT2D eigenvalue weighted by atomic mass is 35.5. The Morgan fingerprint density at radius 2 is 1.50 bits per heavy atom. The first kappa shape index (κ1) is 18.0. The van der Waals surface area contributed by atoms with Crippen LogP contribution >= 0.6 is 23.2 Å². The average Bonchev–Trinajstić information content (AvgIpc) is 2.49. The van der Waals surface area contributed by atoms with Crippen molar-refractivity contribution in [2.45, 2.75) is 0 Å². The zero-order chi connectivity index (χ0) is 17.0. The van der Waals surface area contributed by atoms with E-state index in [2.05, 4.69) is 5.32 Å². The maximum atomic E-state index is 12.0. The number of ether oxygens (including phenoxy) is 3. The Morgan fingerprint density at radius 1 is 1.09 bits per heavy atom. The highest BCUT2D eigenvalue weighted by molar-refractivity contribution is 6.43. The number of carbonyl (C=O) groups excluding carboxylic acids is 1. The number of anilines is 1. The summed E-state index contributed by atoms with van der Waals surface area (Å²) in [5.74, 6) is -0.243. The van der Waals surface area contributed by atoms with Crippen LogP contribution in [0.2, 0.25) is 10.0 Å². The molecule has 122 valence electrons. The summed E-state index contributed by atoms with van der Waals surface area (Å²) in [4.78, 5) is 12.8. The number of carbonyl (C=O) groups is 1. The lowest BCUT2D eigenvalue weighted by molar-refractivity contribution is 0.251. The molecule has 4 N–H and O–H groups in total. The van der Waals surface area contributed by atoms with Crippen molar-refractivity contribution in [2.24, 2.45) is 5.73 Å². The van der Waals surface area contributed by atoms with Gasteiger partial charge in [-0.1, -0.05) is 23.2 Å². The van der Waals surface area contributed by atoms with E-state index >= 15 is 0 Å². The molecule has 0 saturated carbocycles. The standard InChI is InChI=1S/C12H16Cl2N4O4/c1-17-12(19)18(11(15)16)7-5(13)8(20-2)10(22-4)9(21-3)6(7)14/h1-4H3,(H3,15,16)(H,17,19). The summed E-state index contributed by atoms with van der Waals surface area (Å²) in [6.07, 6.45) is 0. The van der Waals surface area contributed by atoms with Gasteiger partial charge >= 0.3 is 6.03 Å². The van der Waals surface area contributed by atoms with Crippen LogP contribution in [-0.2, 0) is 0 Å². The molecule has 2 amide bonds. The smallest absolute Gasteiger partial charge is 0.328 e. The van der Waals surface area contributed by atoms with Crippen LogP contribution in [0.3, 0.4) is 0 Å². The number of nitrogens with zero attached hydrogens (tertiary/aromatic N) is 1. The fourth-order valence-electron chi connectivity index (χ4n) is 1.80. The second-order valence-electron chi connectivity index (χ2n) is 3.85. The lowest BCUT2D eigenvalue weighted by Crippen LogP contribution is -2.46. The van der Waals surface area contributed by atoms with Gasteiger partial charge in [0.25, 0.3) is 0 Å². The van der Waals surface area contributed by atoms with E-state index in [4.69, 9.17) is 48.6 Å². The van der Waals surface area contributed by atoms with Crippen molar-refractivity contribution in [1.29, 1.82) is 5.41 Å². The zero-order valence-corrected chi connectivity index (χ0v) is 13.9. The Balaban J connectivity index is 3.80. The van der Waals surface area contributed by atoms with Crippen LogP contribution in [0.5, 0.6) is 17.2 Å². The Bertz CT molecular complexity index is 578. The van der Waals surface area contributed by atoms with Gasteiger partial charge in [-0.25, -0.2) is 9.69 Å². The summed E-state index contributed by atoms with van der Waals surface area (Å²) >= 11 is 12.5. The van der Waals surface area contributed by atoms with E-state index in [1.165, 1.54) is 28.4 Å². The van der Waals surface area contributed by atoms with E-state index in [1.54, 1.807) is 0 Å². The SMILES string of the molecule is CNC(=O)N(C(=N)N)c1c(Cl)c(OC)c(OC)c(OC)c1Cl. The maximum Gasteiger partial charge on any atom is 0.328 e. The van der Waals surface area contributed by atoms with Crippen molar-refractivity contribution in [2.75, 3.05) is 33.3 Å². The third kappa shape index (κ3) is 2.93. The molecule has 0 fully saturated rings. The van der Waals surface area contributed by atoms with Crippen LogP contribution in [0.25, 0.3) is 0 Å². The molecule has 0 aliphatic heterocycles. The van der Waals surface area contributed by atoms with Crippen molar-refractivity contribution in [3.05, 3.63) is 10.0 Å². The number of rotatable bonds is 4. The molecule has 8 nitrogen and oxygen atoms in total. The Hall–Kier alpha value is -2.06. The highest BCUT2D eigenvalue weighted by Crippen LogP contribution is 2.53. The van der Waals surface area contributed by atoms with E-state index in [0.717, 1.165) is 4.90 Å². The second-order valence-corrected chi connectivity index (χ2v) is 4.61.